The summed E-state index contributed by atoms with van der Waals surface area (Å²) in [7, 11) is -4.01. The van der Waals surface area contributed by atoms with Gasteiger partial charge >= 0.3 is 39.3 Å². The molecule has 0 unspecified atom stereocenters. The summed E-state index contributed by atoms with van der Waals surface area (Å²) in [5, 5.41) is 1.12. The molecule has 3 nitrogen and oxygen atoms in total. The van der Waals surface area contributed by atoms with Gasteiger partial charge in [0.2, 0.25) is 0 Å². The van der Waals surface area contributed by atoms with Crippen molar-refractivity contribution in [2.75, 3.05) is 13.2 Å². The Labute approximate surface area is 222 Å². The normalized spacial score (nSPS) is 13.4. The molecule has 0 radical (unpaired) electrons. The van der Waals surface area contributed by atoms with Crippen LogP contribution in [0.4, 0.5) is 43.9 Å². The standard InChI is InChI=1S/C18H15OSi.2C3H2F5O.Al/c19-20(16-10-4-1-5-11-16,17-12-6-2-7-13-17)18-14-8-3-9-15-18;2*4-2(5,1-9)3(6,7)8;/h1-15H;2*1H2;/q3*-1;+3. The van der Waals surface area contributed by atoms with E-state index >= 15 is 0 Å². The third-order valence-electron chi connectivity index (χ3n) is 5.44. The topological polar surface area (TPSA) is 27.7 Å². The Morgan fingerprint density at radius 2 is 0.769 bits per heavy atom. The molecule has 0 aliphatic carbocycles. The van der Waals surface area contributed by atoms with Crippen molar-refractivity contribution in [1.82, 2.24) is 0 Å². The van der Waals surface area contributed by atoms with Crippen LogP contribution in [0.5, 0.6) is 0 Å². The van der Waals surface area contributed by atoms with Crippen LogP contribution in [0.1, 0.15) is 0 Å². The molecule has 0 amide bonds. The quantitative estimate of drug-likeness (QED) is 0.175. The second-order valence-corrected chi connectivity index (χ2v) is 13.5. The van der Waals surface area contributed by atoms with Crippen molar-refractivity contribution in [2.24, 2.45) is 0 Å². The predicted molar refractivity (Wildman–Crippen MR) is 125 cm³/mol. The number of hydrogen-bond acceptors (Lipinski definition) is 3. The number of rotatable bonds is 11. The van der Waals surface area contributed by atoms with Gasteiger partial charge in [0, 0.05) is 0 Å². The van der Waals surface area contributed by atoms with Gasteiger partial charge in [0.1, 0.15) is 0 Å². The molecule has 0 N–H and O–H groups in total. The summed E-state index contributed by atoms with van der Waals surface area (Å²) < 4.78 is 147. The van der Waals surface area contributed by atoms with E-state index in [0.29, 0.717) is 15.6 Å². The summed E-state index contributed by atoms with van der Waals surface area (Å²) in [4.78, 5) is 0. The van der Waals surface area contributed by atoms with Gasteiger partial charge in [-0.1, -0.05) is 91.0 Å². The van der Waals surface area contributed by atoms with Crippen molar-refractivity contribution < 1.29 is 55.0 Å². The Morgan fingerprint density at radius 3 is 1.03 bits per heavy atom. The van der Waals surface area contributed by atoms with Gasteiger partial charge in [-0.3, -0.25) is 0 Å². The molecule has 3 aromatic carbocycles. The number of halogens is 10. The van der Waals surface area contributed by atoms with E-state index in [4.69, 9.17) is 3.48 Å². The molecule has 0 bridgehead atoms. The molecular weight excluding hydrogens is 581 g/mol. The SMILES string of the molecule is FC(F)(F)C(F)(F)C[O][Al]([O]CC(F)(F)C(F)(F)F)[O][Si](c1ccccc1)(c1ccccc1)c1ccccc1. The van der Waals surface area contributed by atoms with Crippen LogP contribution >= 0.6 is 0 Å². The van der Waals surface area contributed by atoms with Crippen LogP contribution < -0.4 is 15.6 Å². The maximum absolute atomic E-state index is 13.7. The van der Waals surface area contributed by atoms with Crippen molar-refractivity contribution in [3.63, 3.8) is 0 Å². The second-order valence-electron chi connectivity index (χ2n) is 8.21. The smallest absolute Gasteiger partial charge is 0.489 e. The minimum Gasteiger partial charge on any atom is -0.489 e. The molecule has 39 heavy (non-hydrogen) atoms. The summed E-state index contributed by atoms with van der Waals surface area (Å²) >= 11 is -4.61. The maximum Gasteiger partial charge on any atom is 0.895 e. The zero-order chi connectivity index (χ0) is 29.0. The molecule has 210 valence electrons. The molecule has 0 spiro atoms. The minimum absolute atomic E-state index is 0.372. The largest absolute Gasteiger partial charge is 0.895 e. The lowest BCUT2D eigenvalue weighted by molar-refractivity contribution is -0.296. The van der Waals surface area contributed by atoms with E-state index in [0.717, 1.165) is 0 Å². The first kappa shape index (κ1) is 31.1. The second kappa shape index (κ2) is 12.0. The van der Waals surface area contributed by atoms with Crippen molar-refractivity contribution in [1.29, 1.82) is 0 Å². The van der Waals surface area contributed by atoms with E-state index in [2.05, 4.69) is 7.58 Å². The van der Waals surface area contributed by atoms with E-state index < -0.39 is 60.9 Å². The molecule has 15 heteroatoms. The monoisotopic (exact) mass is 600 g/mol. The van der Waals surface area contributed by atoms with Crippen molar-refractivity contribution in [3.05, 3.63) is 91.0 Å². The zero-order valence-electron chi connectivity index (χ0n) is 19.7. The average Bonchev–Trinajstić information content (AvgIpc) is 2.88. The van der Waals surface area contributed by atoms with Crippen LogP contribution in [0.2, 0.25) is 0 Å². The van der Waals surface area contributed by atoms with Crippen molar-refractivity contribution in [3.8, 4) is 0 Å². The lowest BCUT2D eigenvalue weighted by atomic mass is 10.3. The first-order valence-electron chi connectivity index (χ1n) is 11.1. The number of hydrogen-bond donors (Lipinski definition) is 0. The Kier molecular flexibility index (Phi) is 9.57. The third kappa shape index (κ3) is 7.22. The summed E-state index contributed by atoms with van der Waals surface area (Å²) in [6.07, 6.45) is -12.2. The molecule has 0 aliphatic heterocycles. The molecule has 0 heterocycles. The van der Waals surface area contributed by atoms with Crippen LogP contribution in [0, 0.1) is 0 Å². The Morgan fingerprint density at radius 1 is 0.487 bits per heavy atom. The molecular formula is C24H19AlF10O3Si. The van der Waals surface area contributed by atoms with E-state index in [1.807, 2.05) is 0 Å². The molecule has 0 fully saturated rings. The molecule has 0 saturated heterocycles. The zero-order valence-corrected chi connectivity index (χ0v) is 21.8. The van der Waals surface area contributed by atoms with Gasteiger partial charge < -0.3 is 11.1 Å². The lowest BCUT2D eigenvalue weighted by Crippen LogP contribution is -2.71. The molecule has 0 aromatic heterocycles. The third-order valence-corrected chi connectivity index (χ3v) is 11.9. The lowest BCUT2D eigenvalue weighted by Gasteiger charge is -2.36. The Bertz CT molecular complexity index is 1050. The Balaban J connectivity index is 2.14. The fraction of sp³-hybridized carbons (Fsp3) is 0.250. The highest BCUT2D eigenvalue weighted by Crippen LogP contribution is 2.37. The molecule has 0 saturated carbocycles. The predicted octanol–water partition coefficient (Wildman–Crippen LogP) is 5.08. The van der Waals surface area contributed by atoms with Gasteiger partial charge in [-0.2, -0.15) is 43.9 Å². The van der Waals surface area contributed by atoms with E-state index in [-0.39, 0.29) is 0 Å². The Hall–Kier alpha value is -2.41. The number of benzene rings is 3. The summed E-state index contributed by atoms with van der Waals surface area (Å²) in [5.41, 5.74) is 0. The average molecular weight is 600 g/mol. The molecule has 0 aliphatic rings. The van der Waals surface area contributed by atoms with Crippen molar-refractivity contribution in [2.45, 2.75) is 24.2 Å². The highest BCUT2D eigenvalue weighted by Gasteiger charge is 2.61. The van der Waals surface area contributed by atoms with E-state index in [1.165, 1.54) is 0 Å². The highest BCUT2D eigenvalue weighted by molar-refractivity contribution is 7.09. The van der Waals surface area contributed by atoms with Crippen LogP contribution in [-0.2, 0) is 11.1 Å². The van der Waals surface area contributed by atoms with Crippen LogP contribution in [0.15, 0.2) is 91.0 Å². The summed E-state index contributed by atoms with van der Waals surface area (Å²) in [6, 6.07) is 23.6. The van der Waals surface area contributed by atoms with E-state index in [1.54, 1.807) is 91.0 Å². The summed E-state index contributed by atoms with van der Waals surface area (Å²) in [6.45, 7) is -4.82. The molecule has 3 rings (SSSR count). The van der Waals surface area contributed by atoms with Gasteiger partial charge in [-0.25, -0.2) is 0 Å². The van der Waals surface area contributed by atoms with E-state index in [9.17, 15) is 43.9 Å². The molecule has 3 aromatic rings. The van der Waals surface area contributed by atoms with Gasteiger partial charge in [0.25, 0.3) is 8.32 Å². The first-order valence-corrected chi connectivity index (χ1v) is 14.4. The molecule has 0 atom stereocenters. The van der Waals surface area contributed by atoms with Gasteiger partial charge in [0.15, 0.2) is 0 Å². The van der Waals surface area contributed by atoms with Crippen molar-refractivity contribution >= 4 is 39.0 Å². The van der Waals surface area contributed by atoms with Gasteiger partial charge in [-0.05, 0) is 15.6 Å². The van der Waals surface area contributed by atoms with Crippen LogP contribution in [0.3, 0.4) is 0 Å². The van der Waals surface area contributed by atoms with Crippen LogP contribution in [0.25, 0.3) is 0 Å². The summed E-state index contributed by atoms with van der Waals surface area (Å²) in [5.74, 6) is -10.9. The fourth-order valence-corrected chi connectivity index (χ4v) is 10.6. The first-order chi connectivity index (χ1) is 18.1. The minimum atomic E-state index is -6.09. The van der Waals surface area contributed by atoms with Gasteiger partial charge in [0.05, 0.1) is 13.2 Å². The highest BCUT2D eigenvalue weighted by atomic mass is 28.4. The number of alkyl halides is 10. The van der Waals surface area contributed by atoms with Crippen LogP contribution in [-0.4, -0.2) is 60.9 Å². The maximum atomic E-state index is 13.7. The van der Waals surface area contributed by atoms with Gasteiger partial charge in [-0.15, -0.1) is 0 Å². The fourth-order valence-electron chi connectivity index (χ4n) is 3.49.